The summed E-state index contributed by atoms with van der Waals surface area (Å²) >= 11 is 0. The van der Waals surface area contributed by atoms with Gasteiger partial charge in [-0.25, -0.2) is 9.69 Å². The van der Waals surface area contributed by atoms with Crippen LogP contribution in [-0.4, -0.2) is 36.8 Å². The average Bonchev–Trinajstić information content (AvgIpc) is 2.91. The van der Waals surface area contributed by atoms with E-state index in [9.17, 15) is 19.2 Å². The molecule has 2 aromatic rings. The second-order valence-corrected chi connectivity index (χ2v) is 5.57. The van der Waals surface area contributed by atoms with Crippen molar-refractivity contribution in [2.24, 2.45) is 0 Å². The first-order chi connectivity index (χ1) is 12.5. The highest BCUT2D eigenvalue weighted by atomic mass is 16.5. The molecule has 1 heterocycles. The maximum Gasteiger partial charge on any atom is 0.338 e. The molecule has 132 valence electrons. The summed E-state index contributed by atoms with van der Waals surface area (Å²) < 4.78 is 4.90. The van der Waals surface area contributed by atoms with Crippen molar-refractivity contribution in [3.63, 3.8) is 0 Å². The van der Waals surface area contributed by atoms with Crippen LogP contribution >= 0.6 is 0 Å². The molecule has 0 fully saturated rings. The summed E-state index contributed by atoms with van der Waals surface area (Å²) in [5.41, 5.74) is 1.27. The highest BCUT2D eigenvalue weighted by Gasteiger charge is 2.36. The quantitative estimate of drug-likeness (QED) is 0.654. The van der Waals surface area contributed by atoms with Crippen LogP contribution in [0.15, 0.2) is 48.5 Å². The van der Waals surface area contributed by atoms with Gasteiger partial charge in [0.25, 0.3) is 17.7 Å². The Morgan fingerprint density at radius 2 is 1.54 bits per heavy atom. The zero-order valence-corrected chi connectivity index (χ0v) is 14.0. The van der Waals surface area contributed by atoms with E-state index >= 15 is 0 Å². The van der Waals surface area contributed by atoms with Gasteiger partial charge in [-0.1, -0.05) is 12.1 Å². The molecule has 7 heteroatoms. The van der Waals surface area contributed by atoms with Gasteiger partial charge in [-0.3, -0.25) is 14.4 Å². The molecule has 3 amide bonds. The average molecular weight is 352 g/mol. The maximum atomic E-state index is 12.4. The number of rotatable bonds is 5. The van der Waals surface area contributed by atoms with E-state index < -0.39 is 17.8 Å². The van der Waals surface area contributed by atoms with Crippen LogP contribution in [0.4, 0.5) is 5.69 Å². The number of imide groups is 1. The number of fused-ring (bicyclic) bond motifs is 1. The van der Waals surface area contributed by atoms with E-state index in [1.54, 1.807) is 31.2 Å². The summed E-state index contributed by atoms with van der Waals surface area (Å²) in [6.45, 7) is 1.84. The van der Waals surface area contributed by atoms with Crippen molar-refractivity contribution in [3.8, 4) is 0 Å². The maximum absolute atomic E-state index is 12.4. The topological polar surface area (TPSA) is 92.8 Å². The van der Waals surface area contributed by atoms with Crippen molar-refractivity contribution in [2.75, 3.05) is 18.1 Å². The van der Waals surface area contributed by atoms with Gasteiger partial charge in [0.15, 0.2) is 6.61 Å². The van der Waals surface area contributed by atoms with Crippen molar-refractivity contribution in [3.05, 3.63) is 65.2 Å². The Bertz CT molecular complexity index is 854. The van der Waals surface area contributed by atoms with Crippen LogP contribution in [0.5, 0.6) is 0 Å². The Hall–Kier alpha value is -3.48. The Labute approximate surface area is 149 Å². The normalized spacial score (nSPS) is 12.7. The molecule has 0 bridgehead atoms. The summed E-state index contributed by atoms with van der Waals surface area (Å²) in [4.78, 5) is 49.2. The third-order valence-electron chi connectivity index (χ3n) is 3.86. The molecule has 26 heavy (non-hydrogen) atoms. The van der Waals surface area contributed by atoms with E-state index in [4.69, 9.17) is 4.74 Å². The molecule has 0 unspecified atom stereocenters. The van der Waals surface area contributed by atoms with Gasteiger partial charge in [0.05, 0.1) is 22.4 Å². The third kappa shape index (κ3) is 3.19. The number of hydrogen-bond acceptors (Lipinski definition) is 5. The molecule has 0 aromatic heterocycles. The molecular weight excluding hydrogens is 336 g/mol. The SMILES string of the molecule is CCNC(=O)COC(=O)c1ccc(N2C(=O)c3ccccc3C2=O)cc1. The number of amides is 3. The van der Waals surface area contributed by atoms with Crippen LogP contribution < -0.4 is 10.2 Å². The fourth-order valence-corrected chi connectivity index (χ4v) is 2.63. The van der Waals surface area contributed by atoms with Crippen LogP contribution in [-0.2, 0) is 9.53 Å². The third-order valence-corrected chi connectivity index (χ3v) is 3.86. The number of benzene rings is 2. The molecule has 2 aromatic carbocycles. The zero-order valence-electron chi connectivity index (χ0n) is 14.0. The summed E-state index contributed by atoms with van der Waals surface area (Å²) in [6.07, 6.45) is 0. The largest absolute Gasteiger partial charge is 0.452 e. The van der Waals surface area contributed by atoms with E-state index in [1.165, 1.54) is 24.3 Å². The van der Waals surface area contributed by atoms with Crippen molar-refractivity contribution >= 4 is 29.4 Å². The Balaban J connectivity index is 1.73. The Kier molecular flexibility index (Phi) is 4.79. The molecule has 0 atom stereocenters. The van der Waals surface area contributed by atoms with Gasteiger partial charge in [0, 0.05) is 6.54 Å². The van der Waals surface area contributed by atoms with E-state index in [0.717, 1.165) is 4.90 Å². The summed E-state index contributed by atoms with van der Waals surface area (Å²) in [7, 11) is 0. The first kappa shape index (κ1) is 17.3. The molecule has 0 aliphatic carbocycles. The van der Waals surface area contributed by atoms with Crippen LogP contribution in [0.1, 0.15) is 38.0 Å². The van der Waals surface area contributed by atoms with Gasteiger partial charge in [0.1, 0.15) is 0 Å². The standard InChI is InChI=1S/C19H16N2O5/c1-2-20-16(22)11-26-19(25)12-7-9-13(10-8-12)21-17(23)14-5-3-4-6-15(14)18(21)24/h3-10H,2,11H2,1H3,(H,20,22). The number of esters is 1. The van der Waals surface area contributed by atoms with Gasteiger partial charge in [-0.05, 0) is 43.3 Å². The van der Waals surface area contributed by atoms with Crippen LogP contribution in [0.3, 0.4) is 0 Å². The van der Waals surface area contributed by atoms with Crippen molar-refractivity contribution in [1.29, 1.82) is 0 Å². The second kappa shape index (κ2) is 7.18. The zero-order chi connectivity index (χ0) is 18.7. The highest BCUT2D eigenvalue weighted by Crippen LogP contribution is 2.28. The number of nitrogens with one attached hydrogen (secondary N) is 1. The highest BCUT2D eigenvalue weighted by molar-refractivity contribution is 6.34. The number of carbonyl (C=O) groups excluding carboxylic acids is 4. The van der Waals surface area contributed by atoms with Gasteiger partial charge in [-0.2, -0.15) is 0 Å². The van der Waals surface area contributed by atoms with Gasteiger partial charge >= 0.3 is 5.97 Å². The van der Waals surface area contributed by atoms with Gasteiger partial charge in [-0.15, -0.1) is 0 Å². The number of carbonyl (C=O) groups is 4. The van der Waals surface area contributed by atoms with Crippen molar-refractivity contribution in [2.45, 2.75) is 6.92 Å². The number of likely N-dealkylation sites (N-methyl/N-ethyl adjacent to an activating group) is 1. The van der Waals surface area contributed by atoms with E-state index in [2.05, 4.69) is 5.32 Å². The van der Waals surface area contributed by atoms with E-state index in [1.807, 2.05) is 0 Å². The molecule has 1 N–H and O–H groups in total. The molecule has 1 aliphatic heterocycles. The molecule has 7 nitrogen and oxygen atoms in total. The lowest BCUT2D eigenvalue weighted by molar-refractivity contribution is -0.124. The number of ether oxygens (including phenoxy) is 1. The molecule has 0 saturated heterocycles. The molecular formula is C19H16N2O5. The first-order valence-corrected chi connectivity index (χ1v) is 8.04. The summed E-state index contributed by atoms with van der Waals surface area (Å²) in [5, 5.41) is 2.52. The molecule has 0 radical (unpaired) electrons. The smallest absolute Gasteiger partial charge is 0.338 e. The minimum Gasteiger partial charge on any atom is -0.452 e. The minimum absolute atomic E-state index is 0.217. The summed E-state index contributed by atoms with van der Waals surface area (Å²) in [5.74, 6) is -1.86. The minimum atomic E-state index is -0.662. The number of hydrogen-bond donors (Lipinski definition) is 1. The molecule has 1 aliphatic rings. The fourth-order valence-electron chi connectivity index (χ4n) is 2.63. The molecule has 3 rings (SSSR count). The number of anilines is 1. The lowest BCUT2D eigenvalue weighted by atomic mass is 10.1. The second-order valence-electron chi connectivity index (χ2n) is 5.57. The Morgan fingerprint density at radius 1 is 0.962 bits per heavy atom. The van der Waals surface area contributed by atoms with Crippen molar-refractivity contribution < 1.29 is 23.9 Å². The van der Waals surface area contributed by atoms with E-state index in [0.29, 0.717) is 23.4 Å². The van der Waals surface area contributed by atoms with Crippen LogP contribution in [0, 0.1) is 0 Å². The van der Waals surface area contributed by atoms with Gasteiger partial charge < -0.3 is 10.1 Å². The Morgan fingerprint density at radius 3 is 2.08 bits per heavy atom. The fraction of sp³-hybridized carbons (Fsp3) is 0.158. The van der Waals surface area contributed by atoms with E-state index in [-0.39, 0.29) is 18.1 Å². The van der Waals surface area contributed by atoms with Gasteiger partial charge in [0.2, 0.25) is 0 Å². The predicted molar refractivity (Wildman–Crippen MR) is 93.0 cm³/mol. The van der Waals surface area contributed by atoms with Crippen LogP contribution in [0.2, 0.25) is 0 Å². The summed E-state index contributed by atoms with van der Waals surface area (Å²) in [6, 6.07) is 12.5. The molecule has 0 spiro atoms. The lowest BCUT2D eigenvalue weighted by Crippen LogP contribution is -2.29. The predicted octanol–water partition coefficient (Wildman–Crippen LogP) is 1.78. The molecule has 0 saturated carbocycles. The lowest BCUT2D eigenvalue weighted by Gasteiger charge is -2.14. The first-order valence-electron chi connectivity index (χ1n) is 8.04. The van der Waals surface area contributed by atoms with Crippen LogP contribution in [0.25, 0.3) is 0 Å². The van der Waals surface area contributed by atoms with Crippen molar-refractivity contribution in [1.82, 2.24) is 5.32 Å². The number of nitrogens with zero attached hydrogens (tertiary/aromatic N) is 1. The monoisotopic (exact) mass is 352 g/mol.